The molecule has 1 fully saturated rings. The molecule has 21 heavy (non-hydrogen) atoms. The topological polar surface area (TPSA) is 79.4 Å². The number of likely N-dealkylation sites (N-methyl/N-ethyl adjacent to an activating group) is 1. The molecule has 1 saturated heterocycles. The van der Waals surface area contributed by atoms with Crippen LogP contribution in [0.2, 0.25) is 0 Å². The molecule has 7 nitrogen and oxygen atoms in total. The Hall–Kier alpha value is -1.89. The van der Waals surface area contributed by atoms with Crippen molar-refractivity contribution in [3.05, 3.63) is 12.4 Å². The number of aromatic nitrogens is 2. The van der Waals surface area contributed by atoms with Gasteiger partial charge >= 0.3 is 0 Å². The average Bonchev–Trinajstić information content (AvgIpc) is 2.53. The highest BCUT2D eigenvalue weighted by molar-refractivity contribution is 5.85. The molecule has 1 aromatic heterocycles. The highest BCUT2D eigenvalue weighted by atomic mass is 16.5. The van der Waals surface area contributed by atoms with E-state index in [9.17, 15) is 4.79 Å². The fraction of sp³-hybridized carbons (Fsp3) is 0.643. The molecule has 1 unspecified atom stereocenters. The normalized spacial score (nSPS) is 18.4. The number of rotatable bonds is 6. The van der Waals surface area contributed by atoms with Crippen LogP contribution < -0.4 is 20.3 Å². The Balaban J connectivity index is 2.14. The number of amides is 1. The van der Waals surface area contributed by atoms with Gasteiger partial charge in [0.1, 0.15) is 6.04 Å². The molecule has 1 amide bonds. The summed E-state index contributed by atoms with van der Waals surface area (Å²) < 4.78 is 5.51. The lowest BCUT2D eigenvalue weighted by molar-refractivity contribution is -0.122. The highest BCUT2D eigenvalue weighted by Crippen LogP contribution is 2.18. The number of carbonyl (C=O) groups is 1. The maximum Gasteiger partial charge on any atom is 0.244 e. The number of hydrogen-bond donors (Lipinski definition) is 2. The Kier molecular flexibility index (Phi) is 5.74. The molecule has 1 aliphatic rings. The molecule has 0 spiro atoms. The number of nitrogens with one attached hydrogen (secondary N) is 2. The molecule has 1 atom stereocenters. The van der Waals surface area contributed by atoms with E-state index in [1.165, 1.54) is 0 Å². The Bertz CT molecular complexity index is 468. The number of ether oxygens (including phenoxy) is 1. The van der Waals surface area contributed by atoms with E-state index in [2.05, 4.69) is 20.6 Å². The van der Waals surface area contributed by atoms with Crippen LogP contribution in [0.1, 0.15) is 20.3 Å². The summed E-state index contributed by atoms with van der Waals surface area (Å²) in [5.74, 6) is 1.19. The lowest BCUT2D eigenvalue weighted by Gasteiger charge is -2.35. The van der Waals surface area contributed by atoms with E-state index in [1.807, 2.05) is 18.7 Å². The van der Waals surface area contributed by atoms with Crippen molar-refractivity contribution in [1.82, 2.24) is 20.6 Å². The summed E-state index contributed by atoms with van der Waals surface area (Å²) in [5, 5.41) is 6.10. The van der Waals surface area contributed by atoms with Gasteiger partial charge in [0.15, 0.2) is 5.82 Å². The summed E-state index contributed by atoms with van der Waals surface area (Å²) in [6.45, 7) is 7.32. The van der Waals surface area contributed by atoms with Crippen LogP contribution in [0.4, 0.5) is 5.82 Å². The Morgan fingerprint density at radius 2 is 2.38 bits per heavy atom. The second-order valence-corrected chi connectivity index (χ2v) is 4.87. The van der Waals surface area contributed by atoms with E-state index in [1.54, 1.807) is 12.4 Å². The van der Waals surface area contributed by atoms with Crippen molar-refractivity contribution in [1.29, 1.82) is 0 Å². The second kappa shape index (κ2) is 7.78. The zero-order valence-corrected chi connectivity index (χ0v) is 12.6. The van der Waals surface area contributed by atoms with Crippen LogP contribution in [0.5, 0.6) is 5.88 Å². The summed E-state index contributed by atoms with van der Waals surface area (Å²) >= 11 is 0. The second-order valence-electron chi connectivity index (χ2n) is 4.87. The molecule has 7 heteroatoms. The van der Waals surface area contributed by atoms with E-state index in [0.717, 1.165) is 13.0 Å². The molecule has 1 aromatic rings. The predicted octanol–water partition coefficient (Wildman–Crippen LogP) is 0.180. The zero-order valence-electron chi connectivity index (χ0n) is 12.6. The largest absolute Gasteiger partial charge is 0.477 e. The molecule has 2 N–H and O–H groups in total. The lowest BCUT2D eigenvalue weighted by atomic mass is 10.1. The summed E-state index contributed by atoms with van der Waals surface area (Å²) in [4.78, 5) is 22.8. The fourth-order valence-electron chi connectivity index (χ4n) is 2.26. The molecule has 1 aliphatic heterocycles. The molecular formula is C14H23N5O2. The van der Waals surface area contributed by atoms with Crippen LogP contribution in [0.15, 0.2) is 12.4 Å². The first kappa shape index (κ1) is 15.5. The molecular weight excluding hydrogens is 270 g/mol. The van der Waals surface area contributed by atoms with Gasteiger partial charge in [-0.05, 0) is 13.3 Å². The smallest absolute Gasteiger partial charge is 0.244 e. The molecule has 116 valence electrons. The van der Waals surface area contributed by atoms with Gasteiger partial charge in [0.05, 0.1) is 19.0 Å². The van der Waals surface area contributed by atoms with E-state index in [-0.39, 0.29) is 11.9 Å². The van der Waals surface area contributed by atoms with Crippen molar-refractivity contribution in [3.63, 3.8) is 0 Å². The molecule has 0 radical (unpaired) electrons. The van der Waals surface area contributed by atoms with Crippen molar-refractivity contribution < 1.29 is 9.53 Å². The van der Waals surface area contributed by atoms with Crippen molar-refractivity contribution in [2.24, 2.45) is 0 Å². The first-order chi connectivity index (χ1) is 10.3. The Morgan fingerprint density at radius 3 is 3.14 bits per heavy atom. The summed E-state index contributed by atoms with van der Waals surface area (Å²) in [6.07, 6.45) is 4.19. The van der Waals surface area contributed by atoms with Crippen LogP contribution in [-0.4, -0.2) is 54.7 Å². The van der Waals surface area contributed by atoms with Crippen molar-refractivity contribution in [2.75, 3.05) is 37.7 Å². The third-order valence-electron chi connectivity index (χ3n) is 3.25. The summed E-state index contributed by atoms with van der Waals surface area (Å²) in [7, 11) is 0. The highest BCUT2D eigenvalue weighted by Gasteiger charge is 2.29. The van der Waals surface area contributed by atoms with Crippen LogP contribution in [0.25, 0.3) is 0 Å². The number of anilines is 1. The molecule has 0 bridgehead atoms. The van der Waals surface area contributed by atoms with Crippen molar-refractivity contribution >= 4 is 11.7 Å². The average molecular weight is 293 g/mol. The van der Waals surface area contributed by atoms with Gasteiger partial charge in [-0.15, -0.1) is 0 Å². The third kappa shape index (κ3) is 4.04. The number of nitrogens with zero attached hydrogens (tertiary/aromatic N) is 3. The maximum atomic E-state index is 12.2. The van der Waals surface area contributed by atoms with Crippen LogP contribution in [0, 0.1) is 0 Å². The Labute approximate surface area is 125 Å². The quantitative estimate of drug-likeness (QED) is 0.779. The summed E-state index contributed by atoms with van der Waals surface area (Å²) in [6, 6.07) is -0.269. The number of piperazine rings is 1. The van der Waals surface area contributed by atoms with Crippen molar-refractivity contribution in [2.45, 2.75) is 26.3 Å². The van der Waals surface area contributed by atoms with Gasteiger partial charge in [-0.3, -0.25) is 9.78 Å². The molecule has 2 heterocycles. The van der Waals surface area contributed by atoms with E-state index >= 15 is 0 Å². The third-order valence-corrected chi connectivity index (χ3v) is 3.25. The van der Waals surface area contributed by atoms with E-state index in [0.29, 0.717) is 37.9 Å². The lowest BCUT2D eigenvalue weighted by Crippen LogP contribution is -2.58. The van der Waals surface area contributed by atoms with E-state index < -0.39 is 0 Å². The minimum absolute atomic E-state index is 0.00591. The van der Waals surface area contributed by atoms with Gasteiger partial charge in [0.25, 0.3) is 0 Å². The summed E-state index contributed by atoms with van der Waals surface area (Å²) in [5.41, 5.74) is 0. The predicted molar refractivity (Wildman–Crippen MR) is 80.5 cm³/mol. The standard InChI is InChI=1S/C14H23N5O2/c1-3-7-21-13-10-16-9-12(18-13)19-6-5-15-8-11(19)14(20)17-4-2/h9-11,15H,3-8H2,1-2H3,(H,17,20). The van der Waals surface area contributed by atoms with Crippen LogP contribution in [0.3, 0.4) is 0 Å². The first-order valence-electron chi connectivity index (χ1n) is 7.46. The SMILES string of the molecule is CCCOc1cncc(N2CCNCC2C(=O)NCC)n1. The van der Waals surface area contributed by atoms with E-state index in [4.69, 9.17) is 4.74 Å². The fourth-order valence-corrected chi connectivity index (χ4v) is 2.26. The number of hydrogen-bond acceptors (Lipinski definition) is 6. The van der Waals surface area contributed by atoms with Gasteiger partial charge < -0.3 is 20.3 Å². The van der Waals surface area contributed by atoms with Crippen LogP contribution in [-0.2, 0) is 4.79 Å². The van der Waals surface area contributed by atoms with Gasteiger partial charge in [-0.2, -0.15) is 4.98 Å². The molecule has 0 aliphatic carbocycles. The first-order valence-corrected chi connectivity index (χ1v) is 7.46. The van der Waals surface area contributed by atoms with Gasteiger partial charge in [0.2, 0.25) is 11.8 Å². The minimum atomic E-state index is -0.269. The Morgan fingerprint density at radius 1 is 1.52 bits per heavy atom. The monoisotopic (exact) mass is 293 g/mol. The molecule has 0 aromatic carbocycles. The molecule has 2 rings (SSSR count). The molecule has 0 saturated carbocycles. The zero-order chi connectivity index (χ0) is 15.1. The maximum absolute atomic E-state index is 12.2. The number of carbonyl (C=O) groups excluding carboxylic acids is 1. The van der Waals surface area contributed by atoms with Gasteiger partial charge in [-0.1, -0.05) is 6.92 Å². The minimum Gasteiger partial charge on any atom is -0.477 e. The van der Waals surface area contributed by atoms with Gasteiger partial charge in [0, 0.05) is 26.2 Å². The van der Waals surface area contributed by atoms with Crippen molar-refractivity contribution in [3.8, 4) is 5.88 Å². The van der Waals surface area contributed by atoms with Crippen LogP contribution >= 0.6 is 0 Å². The van der Waals surface area contributed by atoms with Gasteiger partial charge in [-0.25, -0.2) is 0 Å².